The van der Waals surface area contributed by atoms with Crippen LogP contribution < -0.4 is 5.73 Å². The van der Waals surface area contributed by atoms with Crippen molar-refractivity contribution >= 4 is 27.9 Å². The van der Waals surface area contributed by atoms with Crippen LogP contribution in [0.4, 0.5) is 5.00 Å². The monoisotopic (exact) mass is 292 g/mol. The molecule has 4 heteroatoms. The number of hydrogen-bond acceptors (Lipinski definition) is 3. The molecule has 1 aromatic heterocycles. The van der Waals surface area contributed by atoms with E-state index in [2.05, 4.69) is 0 Å². The maximum atomic E-state index is 6.23. The van der Waals surface area contributed by atoms with Crippen LogP contribution in [-0.2, 0) is 0 Å². The van der Waals surface area contributed by atoms with Crippen molar-refractivity contribution in [2.45, 2.75) is 38.0 Å². The first kappa shape index (κ1) is 12.9. The number of hydrogen-bond donors (Lipinski definition) is 1. The van der Waals surface area contributed by atoms with Crippen molar-refractivity contribution < 1.29 is 0 Å². The molecule has 2 nitrogen and oxygen atoms in total. The minimum Gasteiger partial charge on any atom is -0.389 e. The summed E-state index contributed by atoms with van der Waals surface area (Å²) in [6.07, 6.45) is 6.47. The van der Waals surface area contributed by atoms with E-state index in [-0.39, 0.29) is 0 Å². The Morgan fingerprint density at radius 3 is 2.63 bits per heavy atom. The van der Waals surface area contributed by atoms with Crippen LogP contribution in [0.2, 0.25) is 5.02 Å². The van der Waals surface area contributed by atoms with Gasteiger partial charge in [-0.05, 0) is 18.9 Å². The highest BCUT2D eigenvalue weighted by molar-refractivity contribution is 7.16. The van der Waals surface area contributed by atoms with Gasteiger partial charge in [0.2, 0.25) is 0 Å². The van der Waals surface area contributed by atoms with E-state index >= 15 is 0 Å². The van der Waals surface area contributed by atoms with E-state index in [9.17, 15) is 0 Å². The first-order chi connectivity index (χ1) is 9.25. The summed E-state index contributed by atoms with van der Waals surface area (Å²) in [6, 6.07) is 7.77. The summed E-state index contributed by atoms with van der Waals surface area (Å²) in [6.45, 7) is 0. The Labute approximate surface area is 122 Å². The molecule has 1 aliphatic rings. The molecule has 1 aromatic carbocycles. The molecule has 2 N–H and O–H groups in total. The molecule has 0 radical (unpaired) electrons. The molecule has 3 rings (SSSR count). The third-order valence-corrected chi connectivity index (χ3v) is 5.13. The highest BCUT2D eigenvalue weighted by Crippen LogP contribution is 2.41. The number of rotatable bonds is 2. The van der Waals surface area contributed by atoms with Gasteiger partial charge in [-0.1, -0.05) is 49.1 Å². The summed E-state index contributed by atoms with van der Waals surface area (Å²) in [5.41, 5.74) is 7.95. The number of aromatic nitrogens is 1. The molecule has 0 aliphatic heterocycles. The molecule has 0 bridgehead atoms. The lowest BCUT2D eigenvalue weighted by molar-refractivity contribution is 0.442. The third-order valence-electron chi connectivity index (χ3n) is 3.75. The molecule has 1 saturated carbocycles. The van der Waals surface area contributed by atoms with Gasteiger partial charge in [0.05, 0.1) is 10.0 Å². The molecule has 2 aromatic rings. The quantitative estimate of drug-likeness (QED) is 0.837. The smallest absolute Gasteiger partial charge is 0.114 e. The summed E-state index contributed by atoms with van der Waals surface area (Å²) in [5, 5.41) is 2.69. The molecule has 1 heterocycles. The molecule has 0 amide bonds. The summed E-state index contributed by atoms with van der Waals surface area (Å²) >= 11 is 7.87. The number of thiazole rings is 1. The zero-order valence-corrected chi connectivity index (χ0v) is 12.3. The Kier molecular flexibility index (Phi) is 3.76. The van der Waals surface area contributed by atoms with E-state index in [1.54, 1.807) is 11.3 Å². The highest BCUT2D eigenvalue weighted by Gasteiger charge is 2.21. The van der Waals surface area contributed by atoms with E-state index in [1.807, 2.05) is 24.3 Å². The molecule has 0 atom stereocenters. The first-order valence-electron chi connectivity index (χ1n) is 6.77. The first-order valence-corrected chi connectivity index (χ1v) is 7.96. The normalized spacial score (nSPS) is 16.7. The van der Waals surface area contributed by atoms with Gasteiger partial charge in [-0.15, -0.1) is 11.3 Å². The fraction of sp³-hybridized carbons (Fsp3) is 0.400. The zero-order chi connectivity index (χ0) is 13.2. The van der Waals surface area contributed by atoms with Gasteiger partial charge in [0.25, 0.3) is 0 Å². The van der Waals surface area contributed by atoms with Crippen LogP contribution >= 0.6 is 22.9 Å². The molecule has 1 fully saturated rings. The SMILES string of the molecule is Nc1sc(C2CCCCC2)nc1-c1ccccc1Cl. The predicted molar refractivity (Wildman–Crippen MR) is 82.8 cm³/mol. The molecular weight excluding hydrogens is 276 g/mol. The Bertz CT molecular complexity index is 573. The number of anilines is 1. The predicted octanol–water partition coefficient (Wildman–Crippen LogP) is 5.09. The van der Waals surface area contributed by atoms with Crippen molar-refractivity contribution in [2.24, 2.45) is 0 Å². The molecule has 0 spiro atoms. The second kappa shape index (κ2) is 5.51. The average Bonchev–Trinajstić information content (AvgIpc) is 2.82. The van der Waals surface area contributed by atoms with Gasteiger partial charge < -0.3 is 5.73 Å². The van der Waals surface area contributed by atoms with E-state index in [4.69, 9.17) is 22.3 Å². The van der Waals surface area contributed by atoms with Gasteiger partial charge in [0.15, 0.2) is 0 Å². The van der Waals surface area contributed by atoms with Gasteiger partial charge in [0, 0.05) is 11.5 Å². The fourth-order valence-corrected chi connectivity index (χ4v) is 3.96. The van der Waals surface area contributed by atoms with Gasteiger partial charge in [-0.3, -0.25) is 0 Å². The molecule has 1 aliphatic carbocycles. The molecule has 0 saturated heterocycles. The fourth-order valence-electron chi connectivity index (χ4n) is 2.72. The second-order valence-corrected chi connectivity index (χ2v) is 6.55. The Hall–Kier alpha value is -1.06. The van der Waals surface area contributed by atoms with Crippen molar-refractivity contribution in [3.63, 3.8) is 0 Å². The van der Waals surface area contributed by atoms with Crippen molar-refractivity contribution in [3.8, 4) is 11.3 Å². The van der Waals surface area contributed by atoms with E-state index in [1.165, 1.54) is 37.1 Å². The van der Waals surface area contributed by atoms with E-state index in [0.717, 1.165) is 21.3 Å². The van der Waals surface area contributed by atoms with Gasteiger partial charge in [-0.2, -0.15) is 0 Å². The van der Waals surface area contributed by atoms with E-state index < -0.39 is 0 Å². The van der Waals surface area contributed by atoms with Gasteiger partial charge >= 0.3 is 0 Å². The van der Waals surface area contributed by atoms with Crippen LogP contribution in [0.1, 0.15) is 43.0 Å². The van der Waals surface area contributed by atoms with Crippen molar-refractivity contribution in [1.82, 2.24) is 4.98 Å². The lowest BCUT2D eigenvalue weighted by Crippen LogP contribution is -2.03. The van der Waals surface area contributed by atoms with Crippen LogP contribution in [-0.4, -0.2) is 4.98 Å². The maximum Gasteiger partial charge on any atom is 0.114 e. The van der Waals surface area contributed by atoms with Crippen molar-refractivity contribution in [2.75, 3.05) is 5.73 Å². The van der Waals surface area contributed by atoms with Crippen LogP contribution in [0.5, 0.6) is 0 Å². The van der Waals surface area contributed by atoms with E-state index in [0.29, 0.717) is 5.92 Å². The minimum atomic E-state index is 0.595. The maximum absolute atomic E-state index is 6.23. The standard InChI is InChI=1S/C15H17ClN2S/c16-12-9-5-4-8-11(12)13-14(17)19-15(18-13)10-6-2-1-3-7-10/h4-5,8-10H,1-3,6-7,17H2. The molecule has 19 heavy (non-hydrogen) atoms. The zero-order valence-electron chi connectivity index (χ0n) is 10.7. The summed E-state index contributed by atoms with van der Waals surface area (Å²) in [7, 11) is 0. The van der Waals surface area contributed by atoms with Crippen molar-refractivity contribution in [1.29, 1.82) is 0 Å². The summed E-state index contributed by atoms with van der Waals surface area (Å²) in [4.78, 5) is 4.77. The average molecular weight is 293 g/mol. The van der Waals surface area contributed by atoms with Crippen LogP contribution in [0.3, 0.4) is 0 Å². The minimum absolute atomic E-state index is 0.595. The van der Waals surface area contributed by atoms with Crippen LogP contribution in [0.25, 0.3) is 11.3 Å². The summed E-state index contributed by atoms with van der Waals surface area (Å²) in [5.74, 6) is 0.595. The number of nitrogen functional groups attached to an aromatic ring is 1. The Morgan fingerprint density at radius 1 is 1.16 bits per heavy atom. The number of nitrogens with zero attached hydrogens (tertiary/aromatic N) is 1. The van der Waals surface area contributed by atoms with Crippen LogP contribution in [0.15, 0.2) is 24.3 Å². The number of nitrogens with two attached hydrogens (primary N) is 1. The highest BCUT2D eigenvalue weighted by atomic mass is 35.5. The topological polar surface area (TPSA) is 38.9 Å². The summed E-state index contributed by atoms with van der Waals surface area (Å²) < 4.78 is 0. The van der Waals surface area contributed by atoms with Gasteiger partial charge in [0.1, 0.15) is 10.7 Å². The molecule has 0 unspecified atom stereocenters. The van der Waals surface area contributed by atoms with Crippen molar-refractivity contribution in [3.05, 3.63) is 34.3 Å². The lowest BCUT2D eigenvalue weighted by atomic mass is 9.90. The number of benzene rings is 1. The Morgan fingerprint density at radius 2 is 1.89 bits per heavy atom. The molecular formula is C15H17ClN2S. The third kappa shape index (κ3) is 2.63. The lowest BCUT2D eigenvalue weighted by Gasteiger charge is -2.18. The number of halogens is 1. The largest absolute Gasteiger partial charge is 0.389 e. The van der Waals surface area contributed by atoms with Crippen LogP contribution in [0, 0.1) is 0 Å². The second-order valence-electron chi connectivity index (χ2n) is 5.08. The molecule has 100 valence electrons. The Balaban J connectivity index is 1.95. The van der Waals surface area contributed by atoms with Gasteiger partial charge in [-0.25, -0.2) is 4.98 Å².